The third kappa shape index (κ3) is 5.72. The Balaban J connectivity index is 2.16. The molecule has 0 bridgehead atoms. The summed E-state index contributed by atoms with van der Waals surface area (Å²) >= 11 is 0. The number of nitrogens with one attached hydrogen (secondary N) is 1. The van der Waals surface area contributed by atoms with Gasteiger partial charge in [0.15, 0.2) is 5.78 Å². The fraction of sp³-hybridized carbons (Fsp3) is 0.240. The van der Waals surface area contributed by atoms with E-state index < -0.39 is 28.0 Å². The molecule has 1 aromatic heterocycles. The average Bonchev–Trinajstić information content (AvgIpc) is 2.76. The highest BCUT2D eigenvalue weighted by molar-refractivity contribution is 6.11. The highest BCUT2D eigenvalue weighted by Gasteiger charge is 2.22. The number of amides is 1. The van der Waals surface area contributed by atoms with Gasteiger partial charge in [-0.3, -0.25) is 19.7 Å². The van der Waals surface area contributed by atoms with Crippen LogP contribution in [0.25, 0.3) is 11.1 Å². The van der Waals surface area contributed by atoms with Crippen molar-refractivity contribution in [1.82, 2.24) is 4.68 Å². The second-order valence-corrected chi connectivity index (χ2v) is 9.02. The number of hydrogen-bond donors (Lipinski definition) is 2. The van der Waals surface area contributed by atoms with Crippen LogP contribution in [0.5, 0.6) is 5.75 Å². The summed E-state index contributed by atoms with van der Waals surface area (Å²) in [5, 5.41) is 21.4. The van der Waals surface area contributed by atoms with Crippen LogP contribution in [0.2, 0.25) is 0 Å². The molecular weight excluding hydrogens is 454 g/mol. The van der Waals surface area contributed by atoms with Crippen molar-refractivity contribution in [2.45, 2.75) is 40.2 Å². The first-order valence-electron chi connectivity index (χ1n) is 10.6. The van der Waals surface area contributed by atoms with Crippen LogP contribution in [0.3, 0.4) is 0 Å². The molecule has 2 N–H and O–H groups in total. The van der Waals surface area contributed by atoms with Gasteiger partial charge in [-0.1, -0.05) is 0 Å². The summed E-state index contributed by atoms with van der Waals surface area (Å²) in [6.45, 7) is 8.54. The van der Waals surface area contributed by atoms with Crippen molar-refractivity contribution in [3.63, 3.8) is 0 Å². The van der Waals surface area contributed by atoms with E-state index in [1.54, 1.807) is 34.6 Å². The molecule has 3 rings (SSSR count). The average molecular weight is 479 g/mol. The number of aromatic hydroxyl groups is 1. The summed E-state index contributed by atoms with van der Waals surface area (Å²) < 4.78 is 6.02. The third-order valence-corrected chi connectivity index (χ3v) is 5.14. The maximum Gasteiger partial charge on any atom is 0.427 e. The molecule has 0 radical (unpaired) electrons. The Morgan fingerprint density at radius 1 is 1.06 bits per heavy atom. The maximum absolute atomic E-state index is 13.3. The zero-order chi connectivity index (χ0) is 26.1. The van der Waals surface area contributed by atoms with Crippen LogP contribution in [0, 0.1) is 24.0 Å². The summed E-state index contributed by atoms with van der Waals surface area (Å²) in [6, 6.07) is 9.51. The minimum atomic E-state index is -0.923. The number of hydrogen-bond acceptors (Lipinski definition) is 7. The first-order valence-corrected chi connectivity index (χ1v) is 10.6. The van der Waals surface area contributed by atoms with Crippen molar-refractivity contribution < 1.29 is 24.4 Å². The molecular formula is C25H25N3O7. The molecule has 0 unspecified atom stereocenters. The number of aryl methyl sites for hydroxylation is 2. The number of carbonyl (C=O) groups excluding carboxylic acids is 2. The molecule has 0 aliphatic rings. The Morgan fingerprint density at radius 3 is 2.23 bits per heavy atom. The minimum Gasteiger partial charge on any atom is -0.507 e. The Hall–Kier alpha value is -4.47. The second-order valence-electron chi connectivity index (χ2n) is 9.02. The van der Waals surface area contributed by atoms with Crippen molar-refractivity contribution >= 4 is 17.6 Å². The van der Waals surface area contributed by atoms with Gasteiger partial charge < -0.3 is 9.84 Å². The Morgan fingerprint density at radius 2 is 1.66 bits per heavy atom. The van der Waals surface area contributed by atoms with Crippen LogP contribution in [-0.4, -0.2) is 32.2 Å². The normalized spacial score (nSPS) is 11.1. The van der Waals surface area contributed by atoms with Gasteiger partial charge in [0.1, 0.15) is 11.4 Å². The molecule has 1 amide bonds. The third-order valence-electron chi connectivity index (χ3n) is 5.14. The quantitative estimate of drug-likeness (QED) is 0.313. The zero-order valence-corrected chi connectivity index (χ0v) is 19.9. The lowest BCUT2D eigenvalue weighted by Crippen LogP contribution is -2.37. The van der Waals surface area contributed by atoms with Crippen molar-refractivity contribution in [3.05, 3.63) is 91.4 Å². The molecule has 2 aromatic carbocycles. The van der Waals surface area contributed by atoms with Crippen molar-refractivity contribution in [1.29, 1.82) is 0 Å². The smallest absolute Gasteiger partial charge is 0.427 e. The molecule has 0 spiro atoms. The van der Waals surface area contributed by atoms with E-state index >= 15 is 0 Å². The number of benzene rings is 2. The molecule has 1 heterocycles. The van der Waals surface area contributed by atoms with E-state index in [2.05, 4.69) is 5.43 Å². The second kappa shape index (κ2) is 9.41. The number of phenols is 1. The van der Waals surface area contributed by atoms with E-state index in [1.807, 2.05) is 0 Å². The molecule has 10 heteroatoms. The van der Waals surface area contributed by atoms with E-state index in [9.17, 15) is 29.6 Å². The van der Waals surface area contributed by atoms with Crippen LogP contribution in [0.15, 0.2) is 53.5 Å². The summed E-state index contributed by atoms with van der Waals surface area (Å²) in [7, 11) is 0. The van der Waals surface area contributed by atoms with E-state index in [0.717, 1.165) is 22.0 Å². The number of rotatable bonds is 5. The number of nitro benzene ring substituents is 1. The summed E-state index contributed by atoms with van der Waals surface area (Å²) in [6.07, 6.45) is 0.214. The van der Waals surface area contributed by atoms with Crippen LogP contribution < -0.4 is 11.0 Å². The predicted molar refractivity (Wildman–Crippen MR) is 129 cm³/mol. The van der Waals surface area contributed by atoms with Gasteiger partial charge >= 0.3 is 6.09 Å². The number of nitrogens with zero attached hydrogens (tertiary/aromatic N) is 2. The number of aromatic nitrogens is 1. The fourth-order valence-electron chi connectivity index (χ4n) is 3.30. The zero-order valence-electron chi connectivity index (χ0n) is 19.9. The maximum atomic E-state index is 13.3. The van der Waals surface area contributed by atoms with Crippen LogP contribution in [-0.2, 0) is 4.74 Å². The number of pyridine rings is 1. The van der Waals surface area contributed by atoms with Gasteiger partial charge in [-0.25, -0.2) is 14.9 Å². The molecule has 182 valence electrons. The van der Waals surface area contributed by atoms with Crippen molar-refractivity contribution in [3.8, 4) is 16.9 Å². The van der Waals surface area contributed by atoms with Gasteiger partial charge in [0.2, 0.25) is 0 Å². The largest absolute Gasteiger partial charge is 0.507 e. The van der Waals surface area contributed by atoms with Gasteiger partial charge in [0.05, 0.1) is 10.5 Å². The number of nitro groups is 1. The van der Waals surface area contributed by atoms with Gasteiger partial charge in [-0.15, -0.1) is 0 Å². The molecule has 0 aliphatic heterocycles. The summed E-state index contributed by atoms with van der Waals surface area (Å²) in [5.74, 6) is -0.818. The first kappa shape index (κ1) is 25.2. The van der Waals surface area contributed by atoms with E-state index in [-0.39, 0.29) is 28.1 Å². The standard InChI is InChI=1S/C25H25N3O7/c1-14-10-20(21(29)11-15(14)2)22(30)17-12-19(16-6-8-18(9-7-16)28(33)34)23(31)27(13-17)26-24(32)35-25(3,4)5/h6-13,29H,1-5H3,(H,26,32). The number of carbonyl (C=O) groups is 2. The predicted octanol–water partition coefficient (Wildman–Crippen LogP) is 4.46. The van der Waals surface area contributed by atoms with Gasteiger partial charge in [-0.2, -0.15) is 0 Å². The molecule has 35 heavy (non-hydrogen) atoms. The van der Waals surface area contributed by atoms with E-state index in [4.69, 9.17) is 4.74 Å². The molecule has 0 atom stereocenters. The van der Waals surface area contributed by atoms with Crippen LogP contribution in [0.4, 0.5) is 10.5 Å². The Kier molecular flexibility index (Phi) is 6.77. The molecule has 0 saturated heterocycles. The number of ether oxygens (including phenoxy) is 1. The molecule has 0 aliphatic carbocycles. The van der Waals surface area contributed by atoms with Gasteiger partial charge in [0.25, 0.3) is 11.2 Å². The molecule has 10 nitrogen and oxygen atoms in total. The molecule has 0 saturated carbocycles. The SMILES string of the molecule is Cc1cc(O)c(C(=O)c2cc(-c3ccc([N+](=O)[O-])cc3)c(=O)n(NC(=O)OC(C)(C)C)c2)cc1C. The van der Waals surface area contributed by atoms with Gasteiger partial charge in [0, 0.05) is 29.5 Å². The van der Waals surface area contributed by atoms with E-state index in [1.165, 1.54) is 42.5 Å². The van der Waals surface area contributed by atoms with Gasteiger partial charge in [-0.05, 0) is 81.6 Å². The fourth-order valence-corrected chi connectivity index (χ4v) is 3.30. The number of ketones is 1. The minimum absolute atomic E-state index is 0.00475. The van der Waals surface area contributed by atoms with Crippen molar-refractivity contribution in [2.75, 3.05) is 5.43 Å². The van der Waals surface area contributed by atoms with Crippen LogP contribution in [0.1, 0.15) is 47.8 Å². The number of non-ortho nitro benzene ring substituents is 1. The Bertz CT molecular complexity index is 1380. The highest BCUT2D eigenvalue weighted by Crippen LogP contribution is 2.26. The monoisotopic (exact) mass is 479 g/mol. The lowest BCUT2D eigenvalue weighted by molar-refractivity contribution is -0.384. The lowest BCUT2D eigenvalue weighted by atomic mass is 9.97. The molecule has 3 aromatic rings. The van der Waals surface area contributed by atoms with Crippen LogP contribution >= 0.6 is 0 Å². The molecule has 0 fully saturated rings. The summed E-state index contributed by atoms with van der Waals surface area (Å²) in [5.41, 5.74) is 2.49. The summed E-state index contributed by atoms with van der Waals surface area (Å²) in [4.78, 5) is 49.3. The van der Waals surface area contributed by atoms with Crippen molar-refractivity contribution in [2.24, 2.45) is 0 Å². The topological polar surface area (TPSA) is 141 Å². The van der Waals surface area contributed by atoms with E-state index in [0.29, 0.717) is 5.56 Å². The number of phenolic OH excluding ortho intramolecular Hbond substituents is 1. The lowest BCUT2D eigenvalue weighted by Gasteiger charge is -2.20. The Labute approximate surface area is 200 Å². The highest BCUT2D eigenvalue weighted by atomic mass is 16.6. The first-order chi connectivity index (χ1) is 16.3.